The molecule has 3 aromatic carbocycles. The maximum atomic E-state index is 13.1. The summed E-state index contributed by atoms with van der Waals surface area (Å²) in [4.78, 5) is 4.63. The molecule has 0 amide bonds. The van der Waals surface area contributed by atoms with Crippen molar-refractivity contribution in [2.24, 2.45) is 0 Å². The Hall–Kier alpha value is -2.68. The summed E-state index contributed by atoms with van der Waals surface area (Å²) in [5, 5.41) is 12.3. The van der Waals surface area contributed by atoms with E-state index in [1.807, 2.05) is 18.2 Å². The van der Waals surface area contributed by atoms with Gasteiger partial charge in [-0.1, -0.05) is 24.3 Å². The number of aliphatic hydroxyl groups excluding tert-OH is 1. The first-order valence-electron chi connectivity index (χ1n) is 10.4. The van der Waals surface area contributed by atoms with Gasteiger partial charge in [-0.05, 0) is 41.8 Å². The summed E-state index contributed by atoms with van der Waals surface area (Å²) in [5.74, 6) is -0.250. The van der Waals surface area contributed by atoms with E-state index in [0.29, 0.717) is 17.1 Å². The predicted molar refractivity (Wildman–Crippen MR) is 120 cm³/mol. The van der Waals surface area contributed by atoms with Crippen LogP contribution in [0.4, 0.5) is 15.8 Å². The molecule has 31 heavy (non-hydrogen) atoms. The van der Waals surface area contributed by atoms with Crippen molar-refractivity contribution >= 4 is 32.2 Å². The first kappa shape index (κ1) is 20.2. The standard InChI is InChI=1S/C23H24FN3O3S/c24-18-7-9-19(10-8-18)26-13-11-25(12-14-26)15-20(28)16-27-21-5-1-3-17-4-2-6-22(23(17)21)31(27,29)30/h1-10,20,28H,11-16H2. The number of β-amino-alcohol motifs (C(OH)–C–C–N with tert-alkyl or cyclic N) is 1. The van der Waals surface area contributed by atoms with E-state index in [0.717, 1.165) is 42.6 Å². The van der Waals surface area contributed by atoms with E-state index < -0.39 is 16.1 Å². The van der Waals surface area contributed by atoms with Gasteiger partial charge < -0.3 is 10.0 Å². The maximum Gasteiger partial charge on any atom is 0.265 e. The molecular weight excluding hydrogens is 417 g/mol. The Kier molecular flexibility index (Phi) is 5.08. The monoisotopic (exact) mass is 441 g/mol. The number of sulfonamides is 1. The van der Waals surface area contributed by atoms with Crippen LogP contribution >= 0.6 is 0 Å². The number of hydrogen-bond donors (Lipinski definition) is 1. The largest absolute Gasteiger partial charge is 0.390 e. The molecule has 2 aliphatic rings. The second-order valence-electron chi connectivity index (χ2n) is 8.09. The summed E-state index contributed by atoms with van der Waals surface area (Å²) in [6, 6.07) is 17.3. The van der Waals surface area contributed by atoms with Crippen molar-refractivity contribution in [3.8, 4) is 0 Å². The fourth-order valence-corrected chi connectivity index (χ4v) is 6.29. The summed E-state index contributed by atoms with van der Waals surface area (Å²) >= 11 is 0. The van der Waals surface area contributed by atoms with E-state index in [2.05, 4.69) is 9.80 Å². The molecule has 1 fully saturated rings. The van der Waals surface area contributed by atoms with Gasteiger partial charge in [-0.25, -0.2) is 12.8 Å². The van der Waals surface area contributed by atoms with Gasteiger partial charge in [0.25, 0.3) is 10.0 Å². The molecule has 162 valence electrons. The van der Waals surface area contributed by atoms with Gasteiger partial charge in [0.15, 0.2) is 0 Å². The van der Waals surface area contributed by atoms with Crippen molar-refractivity contribution in [1.82, 2.24) is 4.90 Å². The molecule has 1 atom stereocenters. The minimum Gasteiger partial charge on any atom is -0.390 e. The first-order valence-corrected chi connectivity index (χ1v) is 11.8. The Balaban J connectivity index is 1.24. The lowest BCUT2D eigenvalue weighted by atomic mass is 10.1. The van der Waals surface area contributed by atoms with Gasteiger partial charge in [-0.3, -0.25) is 9.21 Å². The van der Waals surface area contributed by atoms with E-state index in [1.165, 1.54) is 16.4 Å². The molecule has 8 heteroatoms. The molecule has 0 saturated carbocycles. The number of benzene rings is 3. The Morgan fingerprint density at radius 3 is 2.29 bits per heavy atom. The van der Waals surface area contributed by atoms with Crippen LogP contribution in [0, 0.1) is 5.82 Å². The van der Waals surface area contributed by atoms with E-state index in [4.69, 9.17) is 0 Å². The number of hydrogen-bond acceptors (Lipinski definition) is 5. The van der Waals surface area contributed by atoms with Crippen molar-refractivity contribution in [3.05, 3.63) is 66.5 Å². The molecule has 0 bridgehead atoms. The van der Waals surface area contributed by atoms with Crippen LogP contribution in [0.25, 0.3) is 10.8 Å². The van der Waals surface area contributed by atoms with Gasteiger partial charge in [0, 0.05) is 43.8 Å². The van der Waals surface area contributed by atoms with Crippen LogP contribution in [-0.4, -0.2) is 63.8 Å². The molecular formula is C23H24FN3O3S. The highest BCUT2D eigenvalue weighted by atomic mass is 32.2. The second-order valence-corrected chi connectivity index (χ2v) is 9.92. The third-order valence-corrected chi connectivity index (χ3v) is 7.91. The zero-order valence-electron chi connectivity index (χ0n) is 17.0. The Bertz CT molecular complexity index is 1200. The predicted octanol–water partition coefficient (Wildman–Crippen LogP) is 2.67. The summed E-state index contributed by atoms with van der Waals surface area (Å²) in [6.07, 6.45) is -0.809. The summed E-state index contributed by atoms with van der Waals surface area (Å²) in [7, 11) is -3.67. The lowest BCUT2D eigenvalue weighted by Gasteiger charge is -2.37. The van der Waals surface area contributed by atoms with Crippen molar-refractivity contribution in [2.45, 2.75) is 11.0 Å². The minimum absolute atomic E-state index is 0.0221. The number of aliphatic hydroxyl groups is 1. The van der Waals surface area contributed by atoms with E-state index >= 15 is 0 Å². The van der Waals surface area contributed by atoms with Gasteiger partial charge in [0.2, 0.25) is 0 Å². The van der Waals surface area contributed by atoms with Gasteiger partial charge in [0.1, 0.15) is 5.82 Å². The van der Waals surface area contributed by atoms with Crippen molar-refractivity contribution < 1.29 is 17.9 Å². The van der Waals surface area contributed by atoms with Crippen molar-refractivity contribution in [2.75, 3.05) is 48.5 Å². The average Bonchev–Trinajstić information content (AvgIpc) is 2.98. The van der Waals surface area contributed by atoms with Crippen LogP contribution in [0.2, 0.25) is 0 Å². The number of piperazine rings is 1. The highest BCUT2D eigenvalue weighted by Crippen LogP contribution is 2.41. The minimum atomic E-state index is -3.67. The number of halogens is 1. The Morgan fingerprint density at radius 1 is 0.903 bits per heavy atom. The third-order valence-electron chi connectivity index (χ3n) is 6.09. The SMILES string of the molecule is O=S1(=O)c2cccc3cccc(c23)N1CC(O)CN1CCN(c2ccc(F)cc2)CC1. The van der Waals surface area contributed by atoms with Gasteiger partial charge in [-0.15, -0.1) is 0 Å². The molecule has 0 spiro atoms. The van der Waals surface area contributed by atoms with Crippen LogP contribution < -0.4 is 9.21 Å². The Morgan fingerprint density at radius 2 is 1.58 bits per heavy atom. The normalized spacial score (nSPS) is 19.2. The first-order chi connectivity index (χ1) is 14.9. The third kappa shape index (κ3) is 3.64. The van der Waals surface area contributed by atoms with Gasteiger partial charge in [-0.2, -0.15) is 0 Å². The van der Waals surface area contributed by atoms with Crippen LogP contribution in [0.15, 0.2) is 65.6 Å². The second kappa shape index (κ2) is 7.78. The molecule has 0 radical (unpaired) electrons. The number of nitrogens with zero attached hydrogens (tertiary/aromatic N) is 3. The topological polar surface area (TPSA) is 64.1 Å². The number of rotatable bonds is 5. The Labute approximate surface area is 181 Å². The fraction of sp³-hybridized carbons (Fsp3) is 0.304. The average molecular weight is 442 g/mol. The molecule has 3 aromatic rings. The summed E-state index contributed by atoms with van der Waals surface area (Å²) in [5.41, 5.74) is 1.61. The molecule has 0 aromatic heterocycles. The molecule has 1 unspecified atom stereocenters. The van der Waals surface area contributed by atoms with E-state index in [-0.39, 0.29) is 12.4 Å². The zero-order chi connectivity index (χ0) is 21.6. The van der Waals surface area contributed by atoms with Crippen LogP contribution in [-0.2, 0) is 10.0 Å². The van der Waals surface area contributed by atoms with Crippen LogP contribution in [0.5, 0.6) is 0 Å². The molecule has 6 nitrogen and oxygen atoms in total. The van der Waals surface area contributed by atoms with Crippen LogP contribution in [0.1, 0.15) is 0 Å². The number of anilines is 2. The van der Waals surface area contributed by atoms with Crippen molar-refractivity contribution in [3.63, 3.8) is 0 Å². The molecule has 2 aliphatic heterocycles. The molecule has 1 N–H and O–H groups in total. The highest BCUT2D eigenvalue weighted by molar-refractivity contribution is 7.93. The van der Waals surface area contributed by atoms with Gasteiger partial charge >= 0.3 is 0 Å². The summed E-state index contributed by atoms with van der Waals surface area (Å²) in [6.45, 7) is 3.45. The summed E-state index contributed by atoms with van der Waals surface area (Å²) < 4.78 is 40.6. The lowest BCUT2D eigenvalue weighted by Crippen LogP contribution is -2.50. The van der Waals surface area contributed by atoms with E-state index in [9.17, 15) is 17.9 Å². The van der Waals surface area contributed by atoms with Crippen LogP contribution in [0.3, 0.4) is 0 Å². The lowest BCUT2D eigenvalue weighted by molar-refractivity contribution is 0.116. The van der Waals surface area contributed by atoms with E-state index in [1.54, 1.807) is 30.3 Å². The molecule has 5 rings (SSSR count). The maximum absolute atomic E-state index is 13.1. The smallest absolute Gasteiger partial charge is 0.265 e. The van der Waals surface area contributed by atoms with Crippen molar-refractivity contribution in [1.29, 1.82) is 0 Å². The quantitative estimate of drug-likeness (QED) is 0.660. The highest BCUT2D eigenvalue weighted by Gasteiger charge is 2.36. The van der Waals surface area contributed by atoms with Gasteiger partial charge in [0.05, 0.1) is 23.2 Å². The molecule has 2 heterocycles. The zero-order valence-corrected chi connectivity index (χ0v) is 17.8. The molecule has 1 saturated heterocycles. The fourth-order valence-electron chi connectivity index (χ4n) is 4.54. The molecule has 0 aliphatic carbocycles.